The number of halogens is 1. The average Bonchev–Trinajstić information content (AvgIpc) is 2.53. The van der Waals surface area contributed by atoms with Crippen LogP contribution in [0.3, 0.4) is 0 Å². The van der Waals surface area contributed by atoms with Gasteiger partial charge in [-0.3, -0.25) is 9.59 Å². The summed E-state index contributed by atoms with van der Waals surface area (Å²) in [5.74, 6) is -0.796. The molecule has 0 radical (unpaired) electrons. The zero-order chi connectivity index (χ0) is 18.4. The van der Waals surface area contributed by atoms with E-state index >= 15 is 0 Å². The Bertz CT molecular complexity index is 773. The molecule has 0 aliphatic heterocycles. The van der Waals surface area contributed by atoms with Gasteiger partial charge in [-0.25, -0.2) is 4.39 Å². The number of carbonyl (C=O) groups is 2. The number of hydrogen-bond acceptors (Lipinski definition) is 2. The Morgan fingerprint density at radius 3 is 2.12 bits per heavy atom. The smallest absolute Gasteiger partial charge is 0.251 e. The van der Waals surface area contributed by atoms with Gasteiger partial charge in [-0.15, -0.1) is 0 Å². The van der Waals surface area contributed by atoms with Gasteiger partial charge in [-0.1, -0.05) is 12.1 Å². The van der Waals surface area contributed by atoms with E-state index in [1.54, 1.807) is 42.5 Å². The summed E-state index contributed by atoms with van der Waals surface area (Å²) in [5.41, 5.74) is 1.52. The molecule has 0 heterocycles. The van der Waals surface area contributed by atoms with Gasteiger partial charge in [-0.2, -0.15) is 0 Å². The molecule has 25 heavy (non-hydrogen) atoms. The van der Waals surface area contributed by atoms with Crippen LogP contribution in [0.1, 0.15) is 36.7 Å². The first-order chi connectivity index (χ1) is 11.7. The highest BCUT2D eigenvalue weighted by atomic mass is 19.1. The molecule has 5 heteroatoms. The second-order valence-electron chi connectivity index (χ2n) is 6.66. The van der Waals surface area contributed by atoms with Crippen LogP contribution in [0.25, 0.3) is 6.08 Å². The van der Waals surface area contributed by atoms with Crippen molar-refractivity contribution < 1.29 is 14.0 Å². The largest absolute Gasteiger partial charge is 0.347 e. The number of hydrogen-bond donors (Lipinski definition) is 2. The van der Waals surface area contributed by atoms with E-state index in [-0.39, 0.29) is 23.2 Å². The van der Waals surface area contributed by atoms with Crippen molar-refractivity contribution in [2.45, 2.75) is 26.3 Å². The molecular weight excluding hydrogens is 319 g/mol. The van der Waals surface area contributed by atoms with Gasteiger partial charge in [-0.05, 0) is 68.8 Å². The van der Waals surface area contributed by atoms with E-state index in [9.17, 15) is 14.0 Å². The fourth-order valence-electron chi connectivity index (χ4n) is 2.05. The second-order valence-corrected chi connectivity index (χ2v) is 6.66. The van der Waals surface area contributed by atoms with Crippen LogP contribution >= 0.6 is 0 Å². The molecule has 2 N–H and O–H groups in total. The third kappa shape index (κ3) is 6.22. The molecule has 0 aliphatic carbocycles. The van der Waals surface area contributed by atoms with Crippen molar-refractivity contribution in [1.82, 2.24) is 5.32 Å². The summed E-state index contributed by atoms with van der Waals surface area (Å²) in [6, 6.07) is 12.5. The highest BCUT2D eigenvalue weighted by molar-refractivity contribution is 6.02. The van der Waals surface area contributed by atoms with Crippen LogP contribution in [0, 0.1) is 5.82 Å². The Labute approximate surface area is 146 Å². The van der Waals surface area contributed by atoms with E-state index in [1.165, 1.54) is 18.2 Å². The maximum Gasteiger partial charge on any atom is 0.251 e. The molecule has 2 aromatic carbocycles. The molecule has 4 nitrogen and oxygen atoms in total. The van der Waals surface area contributed by atoms with E-state index in [0.717, 1.165) is 5.56 Å². The first-order valence-corrected chi connectivity index (χ1v) is 7.90. The van der Waals surface area contributed by atoms with Gasteiger partial charge in [0, 0.05) is 22.9 Å². The van der Waals surface area contributed by atoms with Crippen LogP contribution in [0.4, 0.5) is 10.1 Å². The van der Waals surface area contributed by atoms with Crippen LogP contribution in [-0.4, -0.2) is 17.4 Å². The summed E-state index contributed by atoms with van der Waals surface area (Å²) in [6.45, 7) is 5.73. The molecule has 130 valence electrons. The Morgan fingerprint density at radius 1 is 0.960 bits per heavy atom. The summed E-state index contributed by atoms with van der Waals surface area (Å²) in [4.78, 5) is 23.9. The summed E-state index contributed by atoms with van der Waals surface area (Å²) >= 11 is 0. The minimum Gasteiger partial charge on any atom is -0.347 e. The molecule has 0 saturated carbocycles. The van der Waals surface area contributed by atoms with Crippen LogP contribution in [0.5, 0.6) is 0 Å². The van der Waals surface area contributed by atoms with Crippen LogP contribution in [0.15, 0.2) is 54.6 Å². The predicted octanol–water partition coefficient (Wildman–Crippen LogP) is 4.01. The second kappa shape index (κ2) is 7.75. The van der Waals surface area contributed by atoms with E-state index < -0.39 is 0 Å². The van der Waals surface area contributed by atoms with Crippen LogP contribution < -0.4 is 10.6 Å². The lowest BCUT2D eigenvalue weighted by Gasteiger charge is -2.20. The molecule has 2 rings (SSSR count). The molecule has 0 fully saturated rings. The third-order valence-electron chi connectivity index (χ3n) is 3.20. The van der Waals surface area contributed by atoms with Gasteiger partial charge in [0.1, 0.15) is 5.82 Å². The molecule has 0 unspecified atom stereocenters. The maximum absolute atomic E-state index is 12.8. The number of anilines is 1. The SMILES string of the molecule is CC(C)(C)NC(=O)c1ccc(NC(=O)/C=C/c2ccc(F)cc2)cc1. The number of amides is 2. The van der Waals surface area contributed by atoms with Crippen molar-refractivity contribution in [1.29, 1.82) is 0 Å². The molecule has 0 saturated heterocycles. The predicted molar refractivity (Wildman–Crippen MR) is 97.7 cm³/mol. The number of nitrogens with one attached hydrogen (secondary N) is 2. The Kier molecular flexibility index (Phi) is 5.70. The molecule has 0 bridgehead atoms. The van der Waals surface area contributed by atoms with E-state index in [1.807, 2.05) is 20.8 Å². The molecule has 2 amide bonds. The number of rotatable bonds is 4. The zero-order valence-electron chi connectivity index (χ0n) is 14.5. The minimum absolute atomic E-state index is 0.165. The van der Waals surface area contributed by atoms with Gasteiger partial charge in [0.05, 0.1) is 0 Å². The van der Waals surface area contributed by atoms with E-state index in [0.29, 0.717) is 11.3 Å². The maximum atomic E-state index is 12.8. The summed E-state index contributed by atoms with van der Waals surface area (Å²) in [7, 11) is 0. The molecule has 0 atom stereocenters. The van der Waals surface area contributed by atoms with Crippen molar-refractivity contribution in [2.75, 3.05) is 5.32 Å². The normalized spacial score (nSPS) is 11.4. The standard InChI is InChI=1S/C20H21FN2O2/c1-20(2,3)23-19(25)15-7-11-17(12-8-15)22-18(24)13-6-14-4-9-16(21)10-5-14/h4-13H,1-3H3,(H,22,24)(H,23,25)/b13-6+. The molecule has 0 aromatic heterocycles. The highest BCUT2D eigenvalue weighted by Crippen LogP contribution is 2.11. The molecule has 0 aliphatic rings. The fourth-order valence-corrected chi connectivity index (χ4v) is 2.05. The minimum atomic E-state index is -0.322. The number of benzene rings is 2. The lowest BCUT2D eigenvalue weighted by Crippen LogP contribution is -2.40. The first kappa shape index (κ1) is 18.4. The lowest BCUT2D eigenvalue weighted by molar-refractivity contribution is -0.111. The van der Waals surface area contributed by atoms with Crippen molar-refractivity contribution in [3.8, 4) is 0 Å². The Hall–Kier alpha value is -2.95. The van der Waals surface area contributed by atoms with Crippen LogP contribution in [0.2, 0.25) is 0 Å². The lowest BCUT2D eigenvalue weighted by atomic mass is 10.1. The van der Waals surface area contributed by atoms with Crippen molar-refractivity contribution in [3.63, 3.8) is 0 Å². The summed E-state index contributed by atoms with van der Waals surface area (Å²) < 4.78 is 12.8. The topological polar surface area (TPSA) is 58.2 Å². The van der Waals surface area contributed by atoms with Gasteiger partial charge in [0.15, 0.2) is 0 Å². The fraction of sp³-hybridized carbons (Fsp3) is 0.200. The van der Waals surface area contributed by atoms with Gasteiger partial charge < -0.3 is 10.6 Å². The van der Waals surface area contributed by atoms with E-state index in [2.05, 4.69) is 10.6 Å². The van der Waals surface area contributed by atoms with Gasteiger partial charge in [0.2, 0.25) is 5.91 Å². The summed E-state index contributed by atoms with van der Waals surface area (Å²) in [6.07, 6.45) is 2.97. The Morgan fingerprint density at radius 2 is 1.56 bits per heavy atom. The van der Waals surface area contributed by atoms with Crippen molar-refractivity contribution >= 4 is 23.6 Å². The van der Waals surface area contributed by atoms with E-state index in [4.69, 9.17) is 0 Å². The Balaban J connectivity index is 1.95. The van der Waals surface area contributed by atoms with Crippen molar-refractivity contribution in [3.05, 3.63) is 71.6 Å². The summed E-state index contributed by atoms with van der Waals surface area (Å²) in [5, 5.41) is 5.58. The van der Waals surface area contributed by atoms with Crippen molar-refractivity contribution in [2.24, 2.45) is 0 Å². The third-order valence-corrected chi connectivity index (χ3v) is 3.20. The van der Waals surface area contributed by atoms with Crippen LogP contribution in [-0.2, 0) is 4.79 Å². The molecular formula is C20H21FN2O2. The van der Waals surface area contributed by atoms with Gasteiger partial charge >= 0.3 is 0 Å². The highest BCUT2D eigenvalue weighted by Gasteiger charge is 2.15. The number of carbonyl (C=O) groups excluding carboxylic acids is 2. The quantitative estimate of drug-likeness (QED) is 0.826. The first-order valence-electron chi connectivity index (χ1n) is 7.90. The van der Waals surface area contributed by atoms with Gasteiger partial charge in [0.25, 0.3) is 5.91 Å². The zero-order valence-corrected chi connectivity index (χ0v) is 14.5. The molecule has 2 aromatic rings. The average molecular weight is 340 g/mol. The molecule has 0 spiro atoms. The monoisotopic (exact) mass is 340 g/mol.